The van der Waals surface area contributed by atoms with Gasteiger partial charge in [0, 0.05) is 12.6 Å². The van der Waals surface area contributed by atoms with Crippen LogP contribution in [0, 0.1) is 0 Å². The van der Waals surface area contributed by atoms with Crippen LogP contribution in [0.5, 0.6) is 0 Å². The molecule has 1 rings (SSSR count). The number of likely N-dealkylation sites (N-methyl/N-ethyl adjacent to an activating group) is 1. The molecule has 0 aliphatic carbocycles. The maximum atomic E-state index is 9.56. The van der Waals surface area contributed by atoms with Crippen LogP contribution in [0.3, 0.4) is 0 Å². The quantitative estimate of drug-likeness (QED) is 0.399. The topological polar surface area (TPSA) is 76.0 Å². The summed E-state index contributed by atoms with van der Waals surface area (Å²) in [6.45, 7) is 0.497. The summed E-state index contributed by atoms with van der Waals surface area (Å²) >= 11 is 0. The van der Waals surface area contributed by atoms with Gasteiger partial charge in [0.1, 0.15) is 0 Å². The molecule has 0 bridgehead atoms. The Balaban J connectivity index is 2.50. The van der Waals surface area contributed by atoms with Crippen molar-refractivity contribution in [1.82, 2.24) is 10.2 Å². The number of aliphatic hydroxyl groups is 3. The van der Waals surface area contributed by atoms with Crippen molar-refractivity contribution in [3.63, 3.8) is 0 Å². The molecule has 1 saturated heterocycles. The Bertz CT molecular complexity index is 165. The molecule has 0 aromatic rings. The van der Waals surface area contributed by atoms with Crippen molar-refractivity contribution in [2.75, 3.05) is 27.2 Å². The third kappa shape index (κ3) is 2.38. The number of nitrogens with zero attached hydrogens (tertiary/aromatic N) is 1. The standard InChI is InChI=1S/C8H18N2O3/c1-10(2)3-5-7(12)8(13)6(4-11)9-5/h5-9,11-13H,3-4H2,1-2H3/t5-,6-,7-,8+/m1/s1. The van der Waals surface area contributed by atoms with Crippen molar-refractivity contribution in [3.8, 4) is 0 Å². The van der Waals surface area contributed by atoms with E-state index in [2.05, 4.69) is 5.32 Å². The van der Waals surface area contributed by atoms with Gasteiger partial charge in [0.2, 0.25) is 0 Å². The second-order valence-corrected chi connectivity index (χ2v) is 3.81. The first-order chi connectivity index (χ1) is 6.06. The lowest BCUT2D eigenvalue weighted by Crippen LogP contribution is -2.42. The minimum atomic E-state index is -0.866. The van der Waals surface area contributed by atoms with Gasteiger partial charge in [-0.25, -0.2) is 0 Å². The Morgan fingerprint density at radius 3 is 2.08 bits per heavy atom. The van der Waals surface area contributed by atoms with Crippen LogP contribution in [0.1, 0.15) is 0 Å². The Morgan fingerprint density at radius 2 is 1.69 bits per heavy atom. The number of aliphatic hydroxyl groups excluding tert-OH is 3. The summed E-state index contributed by atoms with van der Waals surface area (Å²) < 4.78 is 0. The predicted molar refractivity (Wildman–Crippen MR) is 48.4 cm³/mol. The Morgan fingerprint density at radius 1 is 1.15 bits per heavy atom. The van der Waals surface area contributed by atoms with Gasteiger partial charge >= 0.3 is 0 Å². The van der Waals surface area contributed by atoms with Crippen LogP contribution in [-0.4, -0.2) is 71.8 Å². The summed E-state index contributed by atoms with van der Waals surface area (Å²) in [5.74, 6) is 0. The van der Waals surface area contributed by atoms with Crippen molar-refractivity contribution in [1.29, 1.82) is 0 Å². The molecular formula is C8H18N2O3. The van der Waals surface area contributed by atoms with Gasteiger partial charge < -0.3 is 25.5 Å². The second-order valence-electron chi connectivity index (χ2n) is 3.81. The summed E-state index contributed by atoms with van der Waals surface area (Å²) in [4.78, 5) is 1.92. The van der Waals surface area contributed by atoms with E-state index in [9.17, 15) is 10.2 Å². The van der Waals surface area contributed by atoms with Crippen LogP contribution < -0.4 is 5.32 Å². The molecule has 0 saturated carbocycles. The van der Waals surface area contributed by atoms with Crippen molar-refractivity contribution < 1.29 is 15.3 Å². The minimum absolute atomic E-state index is 0.151. The molecule has 0 aromatic carbocycles. The second kappa shape index (κ2) is 4.34. The zero-order valence-corrected chi connectivity index (χ0v) is 8.01. The molecule has 0 radical (unpaired) electrons. The van der Waals surface area contributed by atoms with Crippen molar-refractivity contribution in [2.24, 2.45) is 0 Å². The molecule has 1 aliphatic heterocycles. The maximum Gasteiger partial charge on any atom is 0.0989 e. The summed E-state index contributed by atoms with van der Waals surface area (Å²) in [6, 6.07) is -0.568. The van der Waals surface area contributed by atoms with E-state index in [1.165, 1.54) is 0 Å². The molecular weight excluding hydrogens is 172 g/mol. The first-order valence-electron chi connectivity index (χ1n) is 4.44. The van der Waals surface area contributed by atoms with E-state index < -0.39 is 18.2 Å². The Hall–Kier alpha value is -0.200. The zero-order chi connectivity index (χ0) is 10.0. The third-order valence-corrected chi connectivity index (χ3v) is 2.36. The molecule has 1 aliphatic rings. The highest BCUT2D eigenvalue weighted by Gasteiger charge is 2.40. The SMILES string of the molecule is CN(C)C[C@H]1N[C@H](CO)[C@H](O)[C@@H]1O. The van der Waals surface area contributed by atoms with E-state index in [1.807, 2.05) is 19.0 Å². The van der Waals surface area contributed by atoms with Gasteiger partial charge in [-0.2, -0.15) is 0 Å². The van der Waals surface area contributed by atoms with Crippen LogP contribution in [0.15, 0.2) is 0 Å². The van der Waals surface area contributed by atoms with E-state index in [0.29, 0.717) is 6.54 Å². The van der Waals surface area contributed by atoms with Crippen LogP contribution in [0.2, 0.25) is 0 Å². The van der Waals surface area contributed by atoms with Crippen LogP contribution in [-0.2, 0) is 0 Å². The smallest absolute Gasteiger partial charge is 0.0989 e. The molecule has 1 heterocycles. The summed E-state index contributed by atoms with van der Waals surface area (Å²) in [5, 5.41) is 30.8. The van der Waals surface area contributed by atoms with E-state index in [1.54, 1.807) is 0 Å². The lowest BCUT2D eigenvalue weighted by Gasteiger charge is -2.19. The van der Waals surface area contributed by atoms with Crippen LogP contribution in [0.25, 0.3) is 0 Å². The largest absolute Gasteiger partial charge is 0.395 e. The number of nitrogens with one attached hydrogen (secondary N) is 1. The van der Waals surface area contributed by atoms with E-state index >= 15 is 0 Å². The van der Waals surface area contributed by atoms with Gasteiger partial charge in [0.15, 0.2) is 0 Å². The minimum Gasteiger partial charge on any atom is -0.395 e. The van der Waals surface area contributed by atoms with Gasteiger partial charge in [-0.3, -0.25) is 0 Å². The summed E-state index contributed by atoms with van der Waals surface area (Å²) in [6.07, 6.45) is -1.66. The zero-order valence-electron chi connectivity index (χ0n) is 8.01. The number of hydrogen-bond acceptors (Lipinski definition) is 5. The third-order valence-electron chi connectivity index (χ3n) is 2.36. The van der Waals surface area contributed by atoms with Crippen LogP contribution >= 0.6 is 0 Å². The molecule has 0 spiro atoms. The van der Waals surface area contributed by atoms with Gasteiger partial charge in [-0.15, -0.1) is 0 Å². The Kier molecular flexibility index (Phi) is 3.63. The predicted octanol–water partition coefficient (Wildman–Crippen LogP) is -2.40. The first-order valence-corrected chi connectivity index (χ1v) is 4.44. The highest BCUT2D eigenvalue weighted by molar-refractivity contribution is 4.98. The van der Waals surface area contributed by atoms with Gasteiger partial charge in [-0.1, -0.05) is 0 Å². The molecule has 4 N–H and O–H groups in total. The maximum absolute atomic E-state index is 9.56. The Labute approximate surface area is 78.0 Å². The molecule has 1 fully saturated rings. The highest BCUT2D eigenvalue weighted by Crippen LogP contribution is 2.14. The van der Waals surface area contributed by atoms with Gasteiger partial charge in [0.25, 0.3) is 0 Å². The van der Waals surface area contributed by atoms with Gasteiger partial charge in [-0.05, 0) is 14.1 Å². The number of hydrogen-bond donors (Lipinski definition) is 4. The molecule has 78 valence electrons. The molecule has 0 unspecified atom stereocenters. The number of rotatable bonds is 3. The molecule has 5 heteroatoms. The molecule has 13 heavy (non-hydrogen) atoms. The fourth-order valence-electron chi connectivity index (χ4n) is 1.66. The van der Waals surface area contributed by atoms with Crippen molar-refractivity contribution in [3.05, 3.63) is 0 Å². The fourth-order valence-corrected chi connectivity index (χ4v) is 1.66. The van der Waals surface area contributed by atoms with E-state index in [-0.39, 0.29) is 12.6 Å². The molecule has 0 amide bonds. The van der Waals surface area contributed by atoms with Crippen molar-refractivity contribution >= 4 is 0 Å². The van der Waals surface area contributed by atoms with Crippen molar-refractivity contribution in [2.45, 2.75) is 24.3 Å². The average molecular weight is 190 g/mol. The molecule has 5 nitrogen and oxygen atoms in total. The monoisotopic (exact) mass is 190 g/mol. The molecule has 0 aromatic heterocycles. The van der Waals surface area contributed by atoms with E-state index in [4.69, 9.17) is 5.11 Å². The van der Waals surface area contributed by atoms with E-state index in [0.717, 1.165) is 0 Å². The lowest BCUT2D eigenvalue weighted by molar-refractivity contribution is 0.0172. The molecule has 4 atom stereocenters. The highest BCUT2D eigenvalue weighted by atomic mass is 16.3. The fraction of sp³-hybridized carbons (Fsp3) is 1.00. The van der Waals surface area contributed by atoms with Crippen LogP contribution in [0.4, 0.5) is 0 Å². The lowest BCUT2D eigenvalue weighted by atomic mass is 10.1. The summed E-state index contributed by atoms with van der Waals surface area (Å²) in [5.41, 5.74) is 0. The summed E-state index contributed by atoms with van der Waals surface area (Å²) in [7, 11) is 3.79. The van der Waals surface area contributed by atoms with Gasteiger partial charge in [0.05, 0.1) is 24.9 Å². The normalized spacial score (nSPS) is 40.2. The average Bonchev–Trinajstić information content (AvgIpc) is 2.32. The first kappa shape index (κ1) is 10.9.